The van der Waals surface area contributed by atoms with Gasteiger partial charge in [0.2, 0.25) is 0 Å². The number of hydrogen-bond acceptors (Lipinski definition) is 1. The predicted octanol–water partition coefficient (Wildman–Crippen LogP) is 2.76. The van der Waals surface area contributed by atoms with Crippen molar-refractivity contribution < 1.29 is 0 Å². The Morgan fingerprint density at radius 1 is 1.30 bits per heavy atom. The fourth-order valence-corrected chi connectivity index (χ4v) is 0.982. The molecule has 0 saturated carbocycles. The molecule has 2 unspecified atom stereocenters. The molecule has 0 heterocycles. The molecule has 0 aromatic rings. The lowest BCUT2D eigenvalue weighted by atomic mass is 9.91. The zero-order chi connectivity index (χ0) is 7.98. The molecule has 0 fully saturated rings. The van der Waals surface area contributed by atoms with Gasteiger partial charge in [-0.15, -0.1) is 0 Å². The lowest BCUT2D eigenvalue weighted by Gasteiger charge is -2.16. The second kappa shape index (κ2) is 5.45. The molecule has 0 N–H and O–H groups in total. The largest absolute Gasteiger partial charge is 0.301 e. The van der Waals surface area contributed by atoms with E-state index in [1.165, 1.54) is 12.8 Å². The molecule has 1 nitrogen and oxygen atoms in total. The highest BCUT2D eigenvalue weighted by atomic mass is 14.7. The van der Waals surface area contributed by atoms with E-state index in [0.29, 0.717) is 0 Å². The molecule has 0 radical (unpaired) electrons. The van der Waals surface area contributed by atoms with Crippen LogP contribution in [0.25, 0.3) is 0 Å². The van der Waals surface area contributed by atoms with Gasteiger partial charge in [0.1, 0.15) is 0 Å². The summed E-state index contributed by atoms with van der Waals surface area (Å²) in [4.78, 5) is 3.84. The maximum Gasteiger partial charge on any atom is 0.0384 e. The number of rotatable bonds is 5. The molecule has 0 aliphatic rings. The minimum absolute atomic E-state index is 0.801. The van der Waals surface area contributed by atoms with Gasteiger partial charge in [0.15, 0.2) is 0 Å². The molecule has 10 heavy (non-hydrogen) atoms. The molecular weight excluding hydrogens is 122 g/mol. The van der Waals surface area contributed by atoms with Crippen LogP contribution in [0.15, 0.2) is 4.99 Å². The normalized spacial score (nSPS) is 16.3. The SMILES string of the molecule is C=NCCC(C)C(C)CC. The third kappa shape index (κ3) is 3.65. The van der Waals surface area contributed by atoms with E-state index >= 15 is 0 Å². The van der Waals surface area contributed by atoms with Gasteiger partial charge in [0, 0.05) is 6.54 Å². The summed E-state index contributed by atoms with van der Waals surface area (Å²) in [7, 11) is 0. The van der Waals surface area contributed by atoms with E-state index in [1.807, 2.05) is 0 Å². The summed E-state index contributed by atoms with van der Waals surface area (Å²) in [6, 6.07) is 0. The Morgan fingerprint density at radius 2 is 1.90 bits per heavy atom. The second-order valence-corrected chi connectivity index (χ2v) is 3.10. The molecule has 0 aliphatic carbocycles. The highest BCUT2D eigenvalue weighted by Crippen LogP contribution is 2.17. The minimum Gasteiger partial charge on any atom is -0.301 e. The minimum atomic E-state index is 0.801. The lowest BCUT2D eigenvalue weighted by Crippen LogP contribution is -2.07. The van der Waals surface area contributed by atoms with Crippen LogP contribution in [0.5, 0.6) is 0 Å². The molecule has 0 aromatic heterocycles. The number of hydrogen-bond donors (Lipinski definition) is 0. The molecule has 0 amide bonds. The molecule has 0 spiro atoms. The van der Waals surface area contributed by atoms with Crippen LogP contribution < -0.4 is 0 Å². The van der Waals surface area contributed by atoms with Gasteiger partial charge in [-0.3, -0.25) is 0 Å². The van der Waals surface area contributed by atoms with Crippen molar-refractivity contribution in [3.8, 4) is 0 Å². The molecule has 0 saturated heterocycles. The molecule has 1 heteroatoms. The summed E-state index contributed by atoms with van der Waals surface area (Å²) in [6.45, 7) is 11.2. The average molecular weight is 141 g/mol. The van der Waals surface area contributed by atoms with E-state index in [0.717, 1.165) is 18.4 Å². The Labute approximate surface area is 64.6 Å². The van der Waals surface area contributed by atoms with Gasteiger partial charge < -0.3 is 4.99 Å². The van der Waals surface area contributed by atoms with E-state index < -0.39 is 0 Å². The summed E-state index contributed by atoms with van der Waals surface area (Å²) in [5.41, 5.74) is 0. The zero-order valence-corrected chi connectivity index (χ0v) is 7.43. The van der Waals surface area contributed by atoms with Crippen LogP contribution in [0.1, 0.15) is 33.6 Å². The maximum atomic E-state index is 3.84. The Kier molecular flexibility index (Phi) is 5.27. The van der Waals surface area contributed by atoms with Crippen molar-refractivity contribution in [2.45, 2.75) is 33.6 Å². The van der Waals surface area contributed by atoms with Gasteiger partial charge in [0.05, 0.1) is 0 Å². The first-order valence-corrected chi connectivity index (χ1v) is 4.14. The molecule has 2 atom stereocenters. The van der Waals surface area contributed by atoms with Crippen molar-refractivity contribution in [3.05, 3.63) is 0 Å². The third-order valence-electron chi connectivity index (χ3n) is 2.36. The summed E-state index contributed by atoms with van der Waals surface area (Å²) in [5, 5.41) is 0. The Bertz CT molecular complexity index is 88.7. The Morgan fingerprint density at radius 3 is 2.30 bits per heavy atom. The van der Waals surface area contributed by atoms with Gasteiger partial charge in [-0.05, 0) is 25.0 Å². The second-order valence-electron chi connectivity index (χ2n) is 3.10. The van der Waals surface area contributed by atoms with Crippen molar-refractivity contribution in [2.24, 2.45) is 16.8 Å². The summed E-state index contributed by atoms with van der Waals surface area (Å²) < 4.78 is 0. The van der Waals surface area contributed by atoms with E-state index in [2.05, 4.69) is 32.5 Å². The highest BCUT2D eigenvalue weighted by molar-refractivity contribution is 5.23. The Balaban J connectivity index is 3.40. The molecule has 60 valence electrons. The van der Waals surface area contributed by atoms with Gasteiger partial charge in [-0.1, -0.05) is 27.2 Å². The van der Waals surface area contributed by atoms with Gasteiger partial charge in [-0.25, -0.2) is 0 Å². The first kappa shape index (κ1) is 9.67. The van der Waals surface area contributed by atoms with E-state index in [9.17, 15) is 0 Å². The van der Waals surface area contributed by atoms with Crippen molar-refractivity contribution >= 4 is 6.72 Å². The molecular formula is C9H19N. The van der Waals surface area contributed by atoms with Gasteiger partial charge in [0.25, 0.3) is 0 Å². The smallest absolute Gasteiger partial charge is 0.0384 e. The monoisotopic (exact) mass is 141 g/mol. The van der Waals surface area contributed by atoms with Crippen molar-refractivity contribution in [1.29, 1.82) is 0 Å². The molecule has 0 rings (SSSR count). The first-order chi connectivity index (χ1) is 4.72. The summed E-state index contributed by atoms with van der Waals surface area (Å²) in [6.07, 6.45) is 2.47. The van der Waals surface area contributed by atoms with E-state index in [4.69, 9.17) is 0 Å². The summed E-state index contributed by atoms with van der Waals surface area (Å²) >= 11 is 0. The topological polar surface area (TPSA) is 12.4 Å². The van der Waals surface area contributed by atoms with E-state index in [-0.39, 0.29) is 0 Å². The predicted molar refractivity (Wildman–Crippen MR) is 47.7 cm³/mol. The van der Waals surface area contributed by atoms with Crippen molar-refractivity contribution in [2.75, 3.05) is 6.54 Å². The third-order valence-corrected chi connectivity index (χ3v) is 2.36. The summed E-state index contributed by atoms with van der Waals surface area (Å²) in [5.74, 6) is 1.64. The van der Waals surface area contributed by atoms with Crippen LogP contribution in [0.3, 0.4) is 0 Å². The van der Waals surface area contributed by atoms with Gasteiger partial charge in [-0.2, -0.15) is 0 Å². The highest BCUT2D eigenvalue weighted by Gasteiger charge is 2.08. The van der Waals surface area contributed by atoms with Crippen LogP contribution in [0.2, 0.25) is 0 Å². The van der Waals surface area contributed by atoms with Crippen LogP contribution in [0.4, 0.5) is 0 Å². The van der Waals surface area contributed by atoms with Crippen molar-refractivity contribution in [1.82, 2.24) is 0 Å². The Hall–Kier alpha value is -0.330. The van der Waals surface area contributed by atoms with Crippen LogP contribution in [0, 0.1) is 11.8 Å². The van der Waals surface area contributed by atoms with Crippen LogP contribution in [-0.2, 0) is 0 Å². The number of aliphatic imine (C=N–C) groups is 1. The quantitative estimate of drug-likeness (QED) is 0.522. The molecule has 0 bridgehead atoms. The zero-order valence-electron chi connectivity index (χ0n) is 7.43. The van der Waals surface area contributed by atoms with Crippen molar-refractivity contribution in [3.63, 3.8) is 0 Å². The fraction of sp³-hybridized carbons (Fsp3) is 0.889. The van der Waals surface area contributed by atoms with Crippen LogP contribution >= 0.6 is 0 Å². The fourth-order valence-electron chi connectivity index (χ4n) is 0.982. The molecule has 0 aliphatic heterocycles. The lowest BCUT2D eigenvalue weighted by molar-refractivity contribution is 0.360. The van der Waals surface area contributed by atoms with Gasteiger partial charge >= 0.3 is 0 Å². The van der Waals surface area contributed by atoms with Crippen LogP contribution in [-0.4, -0.2) is 13.3 Å². The van der Waals surface area contributed by atoms with E-state index in [1.54, 1.807) is 0 Å². The maximum absolute atomic E-state index is 3.84. The molecule has 0 aromatic carbocycles. The average Bonchev–Trinajstić information content (AvgIpc) is 1.98. The standard InChI is InChI=1S/C9H19N/c1-5-8(2)9(3)6-7-10-4/h8-9H,4-7H2,1-3H3. The number of nitrogens with zero attached hydrogens (tertiary/aromatic N) is 1. The first-order valence-electron chi connectivity index (χ1n) is 4.14.